The van der Waals surface area contributed by atoms with Crippen molar-refractivity contribution in [2.75, 3.05) is 0 Å². The molecule has 0 spiro atoms. The van der Waals surface area contributed by atoms with E-state index in [1.54, 1.807) is 6.33 Å². The van der Waals surface area contributed by atoms with E-state index in [4.69, 9.17) is 11.6 Å². The number of nitrogens with zero attached hydrogens (tertiary/aromatic N) is 2. The highest BCUT2D eigenvalue weighted by molar-refractivity contribution is 6.31. The molecule has 11 heavy (non-hydrogen) atoms. The van der Waals surface area contributed by atoms with Crippen LogP contribution in [0.2, 0.25) is 5.02 Å². The minimum Gasteiger partial charge on any atom is -0.232 e. The van der Waals surface area contributed by atoms with Gasteiger partial charge in [-0.25, -0.2) is 9.97 Å². The standard InChI is InChI=1S/C5HClF3N2/c6-3-1-10-2-11-4(3)5(7,8)9/h1H. The molecule has 0 unspecified atom stereocenters. The molecule has 0 aromatic carbocycles. The fourth-order valence-corrected chi connectivity index (χ4v) is 0.676. The van der Waals surface area contributed by atoms with Gasteiger partial charge in [-0.1, -0.05) is 11.6 Å². The molecular weight excluding hydrogens is 181 g/mol. The van der Waals surface area contributed by atoms with E-state index in [1.165, 1.54) is 0 Å². The molecule has 0 saturated carbocycles. The Morgan fingerprint density at radius 2 is 2.09 bits per heavy atom. The summed E-state index contributed by atoms with van der Waals surface area (Å²) in [6.45, 7) is 0. The molecule has 0 aliphatic carbocycles. The van der Waals surface area contributed by atoms with Crippen LogP contribution in [0.25, 0.3) is 0 Å². The molecule has 0 aliphatic rings. The average molecular weight is 182 g/mol. The summed E-state index contributed by atoms with van der Waals surface area (Å²) in [4.78, 5) is 6.05. The predicted octanol–water partition coefficient (Wildman–Crippen LogP) is 1.95. The summed E-state index contributed by atoms with van der Waals surface area (Å²) in [5.41, 5.74) is -1.16. The Morgan fingerprint density at radius 1 is 1.45 bits per heavy atom. The molecule has 0 amide bonds. The Labute approximate surface area is 65.0 Å². The molecule has 0 aliphatic heterocycles. The summed E-state index contributed by atoms with van der Waals surface area (Å²) in [5.74, 6) is 0. The molecule has 0 bridgehead atoms. The number of rotatable bonds is 0. The van der Waals surface area contributed by atoms with Crippen molar-refractivity contribution in [1.29, 1.82) is 0 Å². The van der Waals surface area contributed by atoms with Crippen LogP contribution in [0.5, 0.6) is 0 Å². The Kier molecular flexibility index (Phi) is 1.99. The zero-order valence-electron chi connectivity index (χ0n) is 4.98. The zero-order chi connectivity index (χ0) is 8.48. The predicted molar refractivity (Wildman–Crippen MR) is 30.9 cm³/mol. The molecule has 0 atom stereocenters. The lowest BCUT2D eigenvalue weighted by Gasteiger charge is -2.04. The van der Waals surface area contributed by atoms with Gasteiger partial charge in [0.1, 0.15) is 0 Å². The topological polar surface area (TPSA) is 25.8 Å². The first-order chi connectivity index (χ1) is 5.02. The second-order valence-electron chi connectivity index (χ2n) is 1.66. The summed E-state index contributed by atoms with van der Waals surface area (Å²) in [6, 6.07) is 0. The van der Waals surface area contributed by atoms with Crippen LogP contribution in [0.15, 0.2) is 6.20 Å². The number of alkyl halides is 3. The third kappa shape index (κ3) is 1.80. The van der Waals surface area contributed by atoms with Crippen molar-refractivity contribution < 1.29 is 13.2 Å². The first-order valence-corrected chi connectivity index (χ1v) is 2.85. The van der Waals surface area contributed by atoms with Gasteiger partial charge in [0.05, 0.1) is 11.2 Å². The average Bonchev–Trinajstić information content (AvgIpc) is 1.86. The molecule has 1 aromatic rings. The van der Waals surface area contributed by atoms with Gasteiger partial charge in [-0.3, -0.25) is 0 Å². The first-order valence-electron chi connectivity index (χ1n) is 2.47. The highest BCUT2D eigenvalue weighted by Crippen LogP contribution is 2.31. The molecule has 2 nitrogen and oxygen atoms in total. The van der Waals surface area contributed by atoms with Crippen molar-refractivity contribution in [3.63, 3.8) is 0 Å². The number of aromatic nitrogens is 2. The van der Waals surface area contributed by atoms with Crippen LogP contribution in [0.1, 0.15) is 5.69 Å². The fraction of sp³-hybridized carbons (Fsp3) is 0.200. The van der Waals surface area contributed by atoms with Crippen molar-refractivity contribution in [3.05, 3.63) is 23.2 Å². The molecule has 0 fully saturated rings. The van der Waals surface area contributed by atoms with Crippen molar-refractivity contribution in [3.8, 4) is 0 Å². The van der Waals surface area contributed by atoms with Crippen molar-refractivity contribution in [2.24, 2.45) is 0 Å². The Hall–Kier alpha value is -0.840. The third-order valence-electron chi connectivity index (χ3n) is 0.892. The van der Waals surface area contributed by atoms with Gasteiger partial charge >= 0.3 is 6.18 Å². The van der Waals surface area contributed by atoms with Gasteiger partial charge in [-0.2, -0.15) is 13.2 Å². The lowest BCUT2D eigenvalue weighted by atomic mass is 10.4. The Morgan fingerprint density at radius 3 is 2.45 bits per heavy atom. The van der Waals surface area contributed by atoms with E-state index < -0.39 is 16.9 Å². The minimum absolute atomic E-state index is 0.517. The monoisotopic (exact) mass is 181 g/mol. The van der Waals surface area contributed by atoms with Crippen molar-refractivity contribution >= 4 is 11.6 Å². The van der Waals surface area contributed by atoms with E-state index in [9.17, 15) is 13.2 Å². The molecule has 59 valence electrons. The Bertz CT molecular complexity index is 260. The highest BCUT2D eigenvalue weighted by atomic mass is 35.5. The molecule has 1 radical (unpaired) electrons. The SMILES string of the molecule is FC(F)(F)c1n[c]ncc1Cl. The fourth-order valence-electron chi connectivity index (χ4n) is 0.478. The summed E-state index contributed by atoms with van der Waals surface area (Å²) in [5, 5.41) is -0.517. The zero-order valence-corrected chi connectivity index (χ0v) is 5.74. The van der Waals surface area contributed by atoms with Gasteiger partial charge in [0, 0.05) is 0 Å². The van der Waals surface area contributed by atoms with E-state index in [0.717, 1.165) is 6.20 Å². The maximum Gasteiger partial charge on any atom is 0.434 e. The molecule has 6 heteroatoms. The van der Waals surface area contributed by atoms with Crippen LogP contribution in [0.4, 0.5) is 13.2 Å². The van der Waals surface area contributed by atoms with Crippen LogP contribution < -0.4 is 0 Å². The van der Waals surface area contributed by atoms with Gasteiger partial charge in [-0.15, -0.1) is 0 Å². The van der Waals surface area contributed by atoms with Crippen LogP contribution in [-0.4, -0.2) is 9.97 Å². The summed E-state index contributed by atoms with van der Waals surface area (Å²) in [7, 11) is 0. The van der Waals surface area contributed by atoms with E-state index in [2.05, 4.69) is 9.97 Å². The second kappa shape index (κ2) is 2.65. The summed E-state index contributed by atoms with van der Waals surface area (Å²) >= 11 is 5.14. The van der Waals surface area contributed by atoms with Crippen molar-refractivity contribution in [1.82, 2.24) is 9.97 Å². The van der Waals surface area contributed by atoms with E-state index in [1.807, 2.05) is 0 Å². The summed E-state index contributed by atoms with van der Waals surface area (Å²) < 4.78 is 35.6. The highest BCUT2D eigenvalue weighted by Gasteiger charge is 2.35. The lowest BCUT2D eigenvalue weighted by molar-refractivity contribution is -0.141. The maximum absolute atomic E-state index is 11.9. The van der Waals surface area contributed by atoms with E-state index in [0.29, 0.717) is 0 Å². The first kappa shape index (κ1) is 8.26. The minimum atomic E-state index is -4.53. The van der Waals surface area contributed by atoms with Crippen LogP contribution in [0.3, 0.4) is 0 Å². The molecule has 1 rings (SSSR count). The molecule has 0 N–H and O–H groups in total. The maximum atomic E-state index is 11.9. The molecule has 1 aromatic heterocycles. The second-order valence-corrected chi connectivity index (χ2v) is 2.07. The van der Waals surface area contributed by atoms with Gasteiger partial charge in [0.2, 0.25) is 0 Å². The smallest absolute Gasteiger partial charge is 0.232 e. The third-order valence-corrected chi connectivity index (χ3v) is 1.17. The van der Waals surface area contributed by atoms with Crippen molar-refractivity contribution in [2.45, 2.75) is 6.18 Å². The van der Waals surface area contributed by atoms with Gasteiger partial charge in [-0.05, 0) is 0 Å². The molecular formula is C5HClF3N2. The number of hydrogen-bond acceptors (Lipinski definition) is 2. The van der Waals surface area contributed by atoms with Crippen LogP contribution in [-0.2, 0) is 6.18 Å². The van der Waals surface area contributed by atoms with Gasteiger partial charge in [0.25, 0.3) is 0 Å². The van der Waals surface area contributed by atoms with Gasteiger partial charge in [0.15, 0.2) is 12.0 Å². The number of hydrogen-bond donors (Lipinski definition) is 0. The lowest BCUT2D eigenvalue weighted by Crippen LogP contribution is -2.08. The molecule has 1 heterocycles. The van der Waals surface area contributed by atoms with Crippen LogP contribution in [0, 0.1) is 6.33 Å². The largest absolute Gasteiger partial charge is 0.434 e. The normalized spacial score (nSPS) is 11.6. The molecule has 0 saturated heterocycles. The number of halogens is 4. The Balaban J connectivity index is 3.14. The van der Waals surface area contributed by atoms with E-state index in [-0.39, 0.29) is 0 Å². The van der Waals surface area contributed by atoms with E-state index >= 15 is 0 Å². The van der Waals surface area contributed by atoms with Gasteiger partial charge < -0.3 is 0 Å². The quantitative estimate of drug-likeness (QED) is 0.611. The van der Waals surface area contributed by atoms with Crippen LogP contribution >= 0.6 is 11.6 Å². The summed E-state index contributed by atoms with van der Waals surface area (Å²) in [6.07, 6.45) is -1.88.